The van der Waals surface area contributed by atoms with E-state index in [0.29, 0.717) is 6.04 Å². The SMILES string of the molecule is CC1CCC2CC(C)C(C)N=C2C1. The van der Waals surface area contributed by atoms with E-state index < -0.39 is 0 Å². The second kappa shape index (κ2) is 3.43. The van der Waals surface area contributed by atoms with Gasteiger partial charge in [-0.2, -0.15) is 0 Å². The molecule has 1 aliphatic heterocycles. The molecule has 0 spiro atoms. The number of fused-ring (bicyclic) bond motifs is 1. The van der Waals surface area contributed by atoms with E-state index in [1.807, 2.05) is 0 Å². The summed E-state index contributed by atoms with van der Waals surface area (Å²) in [5, 5.41) is 0. The summed E-state index contributed by atoms with van der Waals surface area (Å²) in [6.45, 7) is 6.98. The van der Waals surface area contributed by atoms with Gasteiger partial charge in [0.1, 0.15) is 0 Å². The molecule has 0 N–H and O–H groups in total. The second-order valence-electron chi connectivity index (χ2n) is 5.16. The van der Waals surface area contributed by atoms with Gasteiger partial charge in [0.05, 0.1) is 0 Å². The summed E-state index contributed by atoms with van der Waals surface area (Å²) in [7, 11) is 0. The van der Waals surface area contributed by atoms with E-state index >= 15 is 0 Å². The van der Waals surface area contributed by atoms with Gasteiger partial charge in [-0.3, -0.25) is 4.99 Å². The first kappa shape index (κ1) is 9.23. The third-order valence-electron chi connectivity index (χ3n) is 3.89. The van der Waals surface area contributed by atoms with Crippen LogP contribution in [0.25, 0.3) is 0 Å². The first-order chi connectivity index (χ1) is 6.16. The Balaban J connectivity index is 2.13. The van der Waals surface area contributed by atoms with Gasteiger partial charge in [0, 0.05) is 11.8 Å². The van der Waals surface area contributed by atoms with Crippen molar-refractivity contribution in [3.05, 3.63) is 0 Å². The number of hydrogen-bond donors (Lipinski definition) is 0. The summed E-state index contributed by atoms with van der Waals surface area (Å²) >= 11 is 0. The van der Waals surface area contributed by atoms with E-state index in [4.69, 9.17) is 4.99 Å². The van der Waals surface area contributed by atoms with Gasteiger partial charge in [-0.15, -0.1) is 0 Å². The average molecular weight is 179 g/mol. The molecule has 0 radical (unpaired) electrons. The molecule has 0 aromatic rings. The van der Waals surface area contributed by atoms with Crippen LogP contribution in [0, 0.1) is 17.8 Å². The summed E-state index contributed by atoms with van der Waals surface area (Å²) in [5.74, 6) is 2.54. The molecule has 1 heterocycles. The fourth-order valence-electron chi connectivity index (χ4n) is 2.72. The Labute approximate surface area is 81.6 Å². The summed E-state index contributed by atoms with van der Waals surface area (Å²) in [6.07, 6.45) is 5.50. The van der Waals surface area contributed by atoms with Gasteiger partial charge in [-0.1, -0.05) is 13.8 Å². The fourth-order valence-corrected chi connectivity index (χ4v) is 2.72. The molecule has 4 atom stereocenters. The van der Waals surface area contributed by atoms with Gasteiger partial charge >= 0.3 is 0 Å². The third kappa shape index (κ3) is 1.79. The van der Waals surface area contributed by atoms with E-state index in [1.54, 1.807) is 5.71 Å². The molecule has 0 aromatic heterocycles. The topological polar surface area (TPSA) is 12.4 Å². The lowest BCUT2D eigenvalue weighted by Gasteiger charge is -2.36. The Kier molecular flexibility index (Phi) is 2.44. The van der Waals surface area contributed by atoms with Crippen molar-refractivity contribution in [3.8, 4) is 0 Å². The first-order valence-corrected chi connectivity index (χ1v) is 5.73. The minimum absolute atomic E-state index is 0.580. The van der Waals surface area contributed by atoms with E-state index in [0.717, 1.165) is 17.8 Å². The largest absolute Gasteiger partial charge is 0.291 e. The highest BCUT2D eigenvalue weighted by molar-refractivity contribution is 5.88. The lowest BCUT2D eigenvalue weighted by Crippen LogP contribution is -2.33. The van der Waals surface area contributed by atoms with E-state index in [9.17, 15) is 0 Å². The van der Waals surface area contributed by atoms with Crippen LogP contribution in [-0.4, -0.2) is 11.8 Å². The average Bonchev–Trinajstić information content (AvgIpc) is 2.08. The summed E-state index contributed by atoms with van der Waals surface area (Å²) in [4.78, 5) is 4.85. The third-order valence-corrected chi connectivity index (χ3v) is 3.89. The second-order valence-corrected chi connectivity index (χ2v) is 5.16. The summed E-state index contributed by atoms with van der Waals surface area (Å²) in [5.41, 5.74) is 1.55. The highest BCUT2D eigenvalue weighted by Crippen LogP contribution is 2.35. The molecular formula is C12H21N. The molecule has 2 rings (SSSR count). The Morgan fingerprint density at radius 1 is 1.15 bits per heavy atom. The fraction of sp³-hybridized carbons (Fsp3) is 0.917. The van der Waals surface area contributed by atoms with Crippen LogP contribution < -0.4 is 0 Å². The maximum atomic E-state index is 4.85. The van der Waals surface area contributed by atoms with Crippen molar-refractivity contribution in [1.82, 2.24) is 0 Å². The molecule has 1 saturated carbocycles. The zero-order chi connectivity index (χ0) is 9.42. The predicted molar refractivity (Wildman–Crippen MR) is 57.2 cm³/mol. The molecule has 0 bridgehead atoms. The summed E-state index contributed by atoms with van der Waals surface area (Å²) in [6, 6.07) is 0.580. The van der Waals surface area contributed by atoms with Crippen LogP contribution in [0.4, 0.5) is 0 Å². The van der Waals surface area contributed by atoms with Gasteiger partial charge in [-0.05, 0) is 50.4 Å². The van der Waals surface area contributed by atoms with Gasteiger partial charge in [-0.25, -0.2) is 0 Å². The molecule has 0 amide bonds. The molecule has 74 valence electrons. The van der Waals surface area contributed by atoms with Crippen molar-refractivity contribution in [1.29, 1.82) is 0 Å². The van der Waals surface area contributed by atoms with Gasteiger partial charge in [0.15, 0.2) is 0 Å². The minimum atomic E-state index is 0.580. The molecule has 1 heteroatoms. The Morgan fingerprint density at radius 2 is 1.92 bits per heavy atom. The smallest absolute Gasteiger partial charge is 0.0496 e. The van der Waals surface area contributed by atoms with Crippen LogP contribution in [0.5, 0.6) is 0 Å². The van der Waals surface area contributed by atoms with Crippen LogP contribution in [0.2, 0.25) is 0 Å². The zero-order valence-corrected chi connectivity index (χ0v) is 9.09. The molecule has 1 fully saturated rings. The Hall–Kier alpha value is -0.330. The lowest BCUT2D eigenvalue weighted by atomic mass is 9.74. The van der Waals surface area contributed by atoms with Crippen molar-refractivity contribution < 1.29 is 0 Å². The minimum Gasteiger partial charge on any atom is -0.291 e. The lowest BCUT2D eigenvalue weighted by molar-refractivity contribution is 0.321. The Bertz CT molecular complexity index is 219. The predicted octanol–water partition coefficient (Wildman–Crippen LogP) is 3.29. The van der Waals surface area contributed by atoms with Crippen molar-refractivity contribution in [3.63, 3.8) is 0 Å². The molecule has 0 aromatic carbocycles. The molecule has 4 unspecified atom stereocenters. The molecule has 13 heavy (non-hydrogen) atoms. The molecule has 0 saturated heterocycles. The monoisotopic (exact) mass is 179 g/mol. The Morgan fingerprint density at radius 3 is 2.69 bits per heavy atom. The normalized spacial score (nSPS) is 45.3. The molecule has 1 aliphatic carbocycles. The van der Waals surface area contributed by atoms with Crippen LogP contribution in [0.15, 0.2) is 4.99 Å². The van der Waals surface area contributed by atoms with Gasteiger partial charge < -0.3 is 0 Å². The molecule has 2 aliphatic rings. The van der Waals surface area contributed by atoms with Crippen molar-refractivity contribution in [2.75, 3.05) is 0 Å². The number of rotatable bonds is 0. The van der Waals surface area contributed by atoms with E-state index in [1.165, 1.54) is 25.7 Å². The number of aliphatic imine (C=N–C) groups is 1. The standard InChI is InChI=1S/C12H21N/c1-8-4-5-11-7-9(2)10(3)13-12(11)6-8/h8-11H,4-7H2,1-3H3. The molecule has 1 nitrogen and oxygen atoms in total. The zero-order valence-electron chi connectivity index (χ0n) is 9.09. The maximum absolute atomic E-state index is 4.85. The van der Waals surface area contributed by atoms with Gasteiger partial charge in [0.2, 0.25) is 0 Å². The number of hydrogen-bond acceptors (Lipinski definition) is 1. The van der Waals surface area contributed by atoms with Crippen LogP contribution >= 0.6 is 0 Å². The maximum Gasteiger partial charge on any atom is 0.0496 e. The molecular weight excluding hydrogens is 158 g/mol. The highest BCUT2D eigenvalue weighted by Gasteiger charge is 2.31. The highest BCUT2D eigenvalue weighted by atomic mass is 14.8. The van der Waals surface area contributed by atoms with Crippen LogP contribution in [-0.2, 0) is 0 Å². The van der Waals surface area contributed by atoms with E-state index in [-0.39, 0.29) is 0 Å². The first-order valence-electron chi connectivity index (χ1n) is 5.73. The van der Waals surface area contributed by atoms with E-state index in [2.05, 4.69) is 20.8 Å². The summed E-state index contributed by atoms with van der Waals surface area (Å²) < 4.78 is 0. The van der Waals surface area contributed by atoms with Crippen molar-refractivity contribution in [2.45, 2.75) is 52.5 Å². The van der Waals surface area contributed by atoms with Crippen LogP contribution in [0.1, 0.15) is 46.5 Å². The van der Waals surface area contributed by atoms with Crippen molar-refractivity contribution in [2.24, 2.45) is 22.7 Å². The number of nitrogens with zero attached hydrogens (tertiary/aromatic N) is 1. The van der Waals surface area contributed by atoms with Crippen LogP contribution in [0.3, 0.4) is 0 Å². The van der Waals surface area contributed by atoms with Crippen molar-refractivity contribution >= 4 is 5.71 Å². The quantitative estimate of drug-likeness (QED) is 0.541. The van der Waals surface area contributed by atoms with Gasteiger partial charge in [0.25, 0.3) is 0 Å².